The standard InChI is InChI=1S/C10H21NO4S2/c1-4-15-10(12)9(11-2)5-6-16-7-8-17(3,13)14/h9,11H,4-8H2,1-3H3. The Kier molecular flexibility index (Phi) is 8.63. The quantitative estimate of drug-likeness (QED) is 0.485. The van der Waals surface area contributed by atoms with E-state index in [9.17, 15) is 13.2 Å². The number of carbonyl (C=O) groups excluding carboxylic acids is 1. The lowest BCUT2D eigenvalue weighted by molar-refractivity contribution is -0.145. The molecule has 0 amide bonds. The van der Waals surface area contributed by atoms with Crippen molar-refractivity contribution in [2.75, 3.05) is 37.2 Å². The highest BCUT2D eigenvalue weighted by Crippen LogP contribution is 2.07. The Morgan fingerprint density at radius 1 is 1.41 bits per heavy atom. The molecule has 1 unspecified atom stereocenters. The molecule has 5 nitrogen and oxygen atoms in total. The Hall–Kier alpha value is -0.270. The van der Waals surface area contributed by atoms with Crippen LogP contribution in [0.1, 0.15) is 13.3 Å². The monoisotopic (exact) mass is 283 g/mol. The van der Waals surface area contributed by atoms with Crippen molar-refractivity contribution in [1.82, 2.24) is 5.32 Å². The highest BCUT2D eigenvalue weighted by Gasteiger charge is 2.16. The van der Waals surface area contributed by atoms with E-state index < -0.39 is 9.84 Å². The highest BCUT2D eigenvalue weighted by atomic mass is 32.2. The molecule has 1 atom stereocenters. The van der Waals surface area contributed by atoms with Gasteiger partial charge in [-0.2, -0.15) is 11.8 Å². The van der Waals surface area contributed by atoms with Crippen LogP contribution in [0.3, 0.4) is 0 Å². The van der Waals surface area contributed by atoms with Crippen LogP contribution < -0.4 is 5.32 Å². The van der Waals surface area contributed by atoms with Crippen molar-refractivity contribution >= 4 is 27.6 Å². The lowest BCUT2D eigenvalue weighted by atomic mass is 10.2. The summed E-state index contributed by atoms with van der Waals surface area (Å²) >= 11 is 1.53. The Morgan fingerprint density at radius 2 is 2.06 bits per heavy atom. The lowest BCUT2D eigenvalue weighted by Crippen LogP contribution is -2.36. The SMILES string of the molecule is CCOC(=O)C(CCSCCS(C)(=O)=O)NC. The van der Waals surface area contributed by atoms with E-state index >= 15 is 0 Å². The first-order valence-corrected chi connectivity index (χ1v) is 8.71. The number of hydrogen-bond acceptors (Lipinski definition) is 6. The number of esters is 1. The summed E-state index contributed by atoms with van der Waals surface area (Å²) in [5.74, 6) is 1.23. The normalized spacial score (nSPS) is 13.4. The predicted octanol–water partition coefficient (Wildman–Crippen LogP) is 0.305. The molecular weight excluding hydrogens is 262 g/mol. The number of carbonyl (C=O) groups is 1. The van der Waals surface area contributed by atoms with Crippen molar-refractivity contribution in [1.29, 1.82) is 0 Å². The minimum absolute atomic E-state index is 0.182. The van der Waals surface area contributed by atoms with Gasteiger partial charge in [0.05, 0.1) is 12.4 Å². The van der Waals surface area contributed by atoms with Crippen molar-refractivity contribution in [2.24, 2.45) is 0 Å². The predicted molar refractivity (Wildman–Crippen MR) is 71.1 cm³/mol. The second-order valence-electron chi connectivity index (χ2n) is 3.62. The van der Waals surface area contributed by atoms with Crippen LogP contribution in [0.5, 0.6) is 0 Å². The molecule has 1 N–H and O–H groups in total. The lowest BCUT2D eigenvalue weighted by Gasteiger charge is -2.13. The van der Waals surface area contributed by atoms with Gasteiger partial charge < -0.3 is 10.1 Å². The average Bonchev–Trinajstić information content (AvgIpc) is 2.22. The fourth-order valence-corrected chi connectivity index (χ4v) is 3.43. The fraction of sp³-hybridized carbons (Fsp3) is 0.900. The third-order valence-corrected chi connectivity index (χ3v) is 4.29. The molecule has 102 valence electrons. The zero-order valence-electron chi connectivity index (χ0n) is 10.6. The van der Waals surface area contributed by atoms with E-state index in [0.717, 1.165) is 5.75 Å². The van der Waals surface area contributed by atoms with Gasteiger partial charge in [0, 0.05) is 12.0 Å². The van der Waals surface area contributed by atoms with Crippen molar-refractivity contribution in [2.45, 2.75) is 19.4 Å². The number of ether oxygens (including phenoxy) is 1. The van der Waals surface area contributed by atoms with Crippen LogP contribution >= 0.6 is 11.8 Å². The number of likely N-dealkylation sites (N-methyl/N-ethyl adjacent to an activating group) is 1. The van der Waals surface area contributed by atoms with Crippen LogP contribution in [0.4, 0.5) is 0 Å². The molecule has 0 aromatic carbocycles. The first-order chi connectivity index (χ1) is 7.90. The maximum atomic E-state index is 11.4. The topological polar surface area (TPSA) is 72.5 Å². The number of hydrogen-bond donors (Lipinski definition) is 1. The van der Waals surface area contributed by atoms with Gasteiger partial charge in [-0.25, -0.2) is 8.42 Å². The number of thioether (sulfide) groups is 1. The third-order valence-electron chi connectivity index (χ3n) is 2.07. The van der Waals surface area contributed by atoms with Crippen molar-refractivity contribution < 1.29 is 17.9 Å². The summed E-state index contributed by atoms with van der Waals surface area (Å²) in [5.41, 5.74) is 0. The summed E-state index contributed by atoms with van der Waals surface area (Å²) in [7, 11) is -1.17. The van der Waals surface area contributed by atoms with Crippen LogP contribution in [0.15, 0.2) is 0 Å². The van der Waals surface area contributed by atoms with Crippen LogP contribution in [-0.4, -0.2) is 57.6 Å². The van der Waals surface area contributed by atoms with Gasteiger partial charge in [-0.05, 0) is 26.1 Å². The summed E-state index contributed by atoms with van der Waals surface area (Å²) in [6.07, 6.45) is 1.87. The number of nitrogens with one attached hydrogen (secondary N) is 1. The minimum Gasteiger partial charge on any atom is -0.465 e. The molecule has 0 aliphatic carbocycles. The van der Waals surface area contributed by atoms with Crippen LogP contribution in [0, 0.1) is 0 Å². The van der Waals surface area contributed by atoms with Crippen LogP contribution in [-0.2, 0) is 19.4 Å². The van der Waals surface area contributed by atoms with E-state index in [0.29, 0.717) is 18.8 Å². The van der Waals surface area contributed by atoms with Gasteiger partial charge in [-0.3, -0.25) is 4.79 Å². The summed E-state index contributed by atoms with van der Waals surface area (Å²) in [5, 5.41) is 2.89. The summed E-state index contributed by atoms with van der Waals surface area (Å²) < 4.78 is 26.7. The van der Waals surface area contributed by atoms with Gasteiger partial charge in [0.2, 0.25) is 0 Å². The Labute approximate surface area is 108 Å². The molecule has 0 radical (unpaired) electrons. The van der Waals surface area contributed by atoms with E-state index in [2.05, 4.69) is 5.32 Å². The highest BCUT2D eigenvalue weighted by molar-refractivity contribution is 8.00. The average molecular weight is 283 g/mol. The van der Waals surface area contributed by atoms with Crippen LogP contribution in [0.25, 0.3) is 0 Å². The van der Waals surface area contributed by atoms with Gasteiger partial charge in [-0.15, -0.1) is 0 Å². The molecular formula is C10H21NO4S2. The van der Waals surface area contributed by atoms with E-state index in [1.807, 2.05) is 0 Å². The maximum absolute atomic E-state index is 11.4. The molecule has 17 heavy (non-hydrogen) atoms. The van der Waals surface area contributed by atoms with Gasteiger partial charge in [0.15, 0.2) is 0 Å². The third kappa shape index (κ3) is 9.43. The minimum atomic E-state index is -2.88. The molecule has 0 aromatic rings. The van der Waals surface area contributed by atoms with Crippen molar-refractivity contribution in [3.8, 4) is 0 Å². The molecule has 0 saturated carbocycles. The van der Waals surface area contributed by atoms with Crippen molar-refractivity contribution in [3.63, 3.8) is 0 Å². The van der Waals surface area contributed by atoms with Crippen LogP contribution in [0.2, 0.25) is 0 Å². The molecule has 0 saturated heterocycles. The summed E-state index contributed by atoms with van der Waals surface area (Å²) in [4.78, 5) is 11.4. The molecule has 0 rings (SSSR count). The Balaban J connectivity index is 3.74. The van der Waals surface area contributed by atoms with E-state index in [-0.39, 0.29) is 17.8 Å². The smallest absolute Gasteiger partial charge is 0.323 e. The first-order valence-electron chi connectivity index (χ1n) is 5.50. The molecule has 0 spiro atoms. The summed E-state index contributed by atoms with van der Waals surface area (Å²) in [6.45, 7) is 2.14. The van der Waals surface area contributed by atoms with E-state index in [1.165, 1.54) is 18.0 Å². The first kappa shape index (κ1) is 16.7. The van der Waals surface area contributed by atoms with Crippen molar-refractivity contribution in [3.05, 3.63) is 0 Å². The second kappa shape index (κ2) is 8.77. The number of sulfone groups is 1. The molecule has 0 aliphatic heterocycles. The van der Waals surface area contributed by atoms with E-state index in [1.54, 1.807) is 14.0 Å². The molecule has 0 heterocycles. The van der Waals surface area contributed by atoms with Gasteiger partial charge in [0.1, 0.15) is 15.9 Å². The summed E-state index contributed by atoms with van der Waals surface area (Å²) in [6, 6.07) is -0.305. The Morgan fingerprint density at radius 3 is 2.53 bits per heavy atom. The molecule has 0 aliphatic rings. The fourth-order valence-electron chi connectivity index (χ4n) is 1.14. The molecule has 7 heteroatoms. The molecule has 0 aromatic heterocycles. The van der Waals surface area contributed by atoms with Gasteiger partial charge >= 0.3 is 5.97 Å². The molecule has 0 bridgehead atoms. The Bertz CT molecular complexity index is 316. The van der Waals surface area contributed by atoms with Gasteiger partial charge in [-0.1, -0.05) is 0 Å². The number of rotatable bonds is 9. The molecule has 0 fully saturated rings. The van der Waals surface area contributed by atoms with E-state index in [4.69, 9.17) is 4.74 Å². The maximum Gasteiger partial charge on any atom is 0.323 e. The second-order valence-corrected chi connectivity index (χ2v) is 7.11. The zero-order valence-corrected chi connectivity index (χ0v) is 12.2. The van der Waals surface area contributed by atoms with Gasteiger partial charge in [0.25, 0.3) is 0 Å². The zero-order chi connectivity index (χ0) is 13.3. The largest absolute Gasteiger partial charge is 0.465 e.